The maximum absolute atomic E-state index is 12.2. The van der Waals surface area contributed by atoms with Crippen molar-refractivity contribution in [2.75, 3.05) is 0 Å². The third-order valence-corrected chi connectivity index (χ3v) is 5.86. The molecule has 0 saturated heterocycles. The number of hydrogen-bond acceptors (Lipinski definition) is 6. The highest BCUT2D eigenvalue weighted by molar-refractivity contribution is 7.98. The Hall–Kier alpha value is -1.86. The highest BCUT2D eigenvalue weighted by Gasteiger charge is 2.16. The van der Waals surface area contributed by atoms with Crippen molar-refractivity contribution in [3.05, 3.63) is 39.8 Å². The first-order chi connectivity index (χ1) is 11.9. The summed E-state index contributed by atoms with van der Waals surface area (Å²) in [4.78, 5) is 21.1. The molecule has 0 radical (unpaired) electrons. The van der Waals surface area contributed by atoms with Crippen LogP contribution in [0.25, 0.3) is 11.1 Å². The number of thioether (sulfide) groups is 1. The standard InChI is InChI=1S/C18H21N3O2S2/c1-10(2)12(4)19-17(22)14-8-24-16(20-14)9-25-18-21-13-7-11(3)5-6-15(13)23-18/h5-8,10,12H,9H2,1-4H3,(H,19,22). The van der Waals surface area contributed by atoms with Crippen LogP contribution in [0.3, 0.4) is 0 Å². The first kappa shape index (κ1) is 17.9. The number of oxazole rings is 1. The monoisotopic (exact) mass is 375 g/mol. The Morgan fingerprint density at radius 3 is 2.88 bits per heavy atom. The van der Waals surface area contributed by atoms with E-state index in [1.54, 1.807) is 5.38 Å². The van der Waals surface area contributed by atoms with Gasteiger partial charge in [0, 0.05) is 11.4 Å². The molecule has 1 amide bonds. The Kier molecular flexibility index (Phi) is 5.44. The molecule has 1 aromatic carbocycles. The van der Waals surface area contributed by atoms with Gasteiger partial charge in [-0.2, -0.15) is 0 Å². The average Bonchev–Trinajstić information content (AvgIpc) is 3.18. The number of benzene rings is 1. The molecule has 0 aliphatic carbocycles. The number of amides is 1. The minimum Gasteiger partial charge on any atom is -0.431 e. The number of fused-ring (bicyclic) bond motifs is 1. The van der Waals surface area contributed by atoms with Crippen molar-refractivity contribution in [3.63, 3.8) is 0 Å². The van der Waals surface area contributed by atoms with Crippen molar-refractivity contribution < 1.29 is 9.21 Å². The van der Waals surface area contributed by atoms with Crippen molar-refractivity contribution in [1.29, 1.82) is 0 Å². The van der Waals surface area contributed by atoms with Crippen molar-refractivity contribution in [1.82, 2.24) is 15.3 Å². The topological polar surface area (TPSA) is 68.0 Å². The van der Waals surface area contributed by atoms with E-state index in [1.807, 2.05) is 32.0 Å². The zero-order valence-electron chi connectivity index (χ0n) is 14.7. The molecule has 0 saturated carbocycles. The van der Waals surface area contributed by atoms with Crippen LogP contribution in [0.4, 0.5) is 0 Å². The van der Waals surface area contributed by atoms with Gasteiger partial charge in [0.15, 0.2) is 5.58 Å². The zero-order valence-corrected chi connectivity index (χ0v) is 16.3. The fraction of sp³-hybridized carbons (Fsp3) is 0.389. The third-order valence-electron chi connectivity index (χ3n) is 3.99. The lowest BCUT2D eigenvalue weighted by atomic mass is 10.1. The van der Waals surface area contributed by atoms with Crippen LogP contribution >= 0.6 is 23.1 Å². The quantitative estimate of drug-likeness (QED) is 0.635. The summed E-state index contributed by atoms with van der Waals surface area (Å²) in [6.07, 6.45) is 0. The number of carbonyl (C=O) groups excluding carboxylic acids is 1. The molecule has 2 aromatic heterocycles. The second-order valence-corrected chi connectivity index (χ2v) is 8.24. The van der Waals surface area contributed by atoms with E-state index in [-0.39, 0.29) is 11.9 Å². The maximum atomic E-state index is 12.2. The van der Waals surface area contributed by atoms with Crippen LogP contribution < -0.4 is 5.32 Å². The first-order valence-corrected chi connectivity index (χ1v) is 10.0. The summed E-state index contributed by atoms with van der Waals surface area (Å²) < 4.78 is 5.73. The molecule has 25 heavy (non-hydrogen) atoms. The molecule has 3 aromatic rings. The Bertz CT molecular complexity index is 885. The number of carbonyl (C=O) groups is 1. The highest BCUT2D eigenvalue weighted by atomic mass is 32.2. The molecule has 5 nitrogen and oxygen atoms in total. The molecule has 0 aliphatic rings. The van der Waals surface area contributed by atoms with E-state index in [0.717, 1.165) is 21.7 Å². The predicted molar refractivity (Wildman–Crippen MR) is 102 cm³/mol. The van der Waals surface area contributed by atoms with Crippen LogP contribution in [-0.2, 0) is 5.75 Å². The van der Waals surface area contributed by atoms with Gasteiger partial charge in [-0.15, -0.1) is 11.3 Å². The predicted octanol–water partition coefficient (Wildman–Crippen LogP) is 4.66. The molecule has 0 bridgehead atoms. The molecule has 0 fully saturated rings. The summed E-state index contributed by atoms with van der Waals surface area (Å²) in [5.41, 5.74) is 3.28. The highest BCUT2D eigenvalue weighted by Crippen LogP contribution is 2.27. The molecular formula is C18H21N3O2S2. The number of aryl methyl sites for hydroxylation is 1. The van der Waals surface area contributed by atoms with E-state index in [1.165, 1.54) is 23.1 Å². The number of rotatable bonds is 6. The van der Waals surface area contributed by atoms with Gasteiger partial charge in [0.05, 0.1) is 5.75 Å². The summed E-state index contributed by atoms with van der Waals surface area (Å²) in [7, 11) is 0. The third kappa shape index (κ3) is 4.41. The van der Waals surface area contributed by atoms with Gasteiger partial charge in [0.1, 0.15) is 16.2 Å². The van der Waals surface area contributed by atoms with Gasteiger partial charge in [-0.25, -0.2) is 9.97 Å². The number of nitrogens with one attached hydrogen (secondary N) is 1. The number of hydrogen-bond donors (Lipinski definition) is 1. The summed E-state index contributed by atoms with van der Waals surface area (Å²) >= 11 is 2.97. The Balaban J connectivity index is 1.62. The summed E-state index contributed by atoms with van der Waals surface area (Å²) in [6.45, 7) is 8.19. The van der Waals surface area contributed by atoms with Gasteiger partial charge in [-0.05, 0) is 37.5 Å². The van der Waals surface area contributed by atoms with Crippen molar-refractivity contribution in [2.24, 2.45) is 5.92 Å². The molecule has 7 heteroatoms. The Morgan fingerprint density at radius 1 is 1.32 bits per heavy atom. The molecular weight excluding hydrogens is 354 g/mol. The van der Waals surface area contributed by atoms with E-state index in [0.29, 0.717) is 22.6 Å². The SMILES string of the molecule is Cc1ccc2oc(SCc3nc(C(=O)NC(C)C(C)C)cs3)nc2c1. The average molecular weight is 376 g/mol. The van der Waals surface area contributed by atoms with Crippen LogP contribution in [-0.4, -0.2) is 21.9 Å². The fourth-order valence-electron chi connectivity index (χ4n) is 2.13. The van der Waals surface area contributed by atoms with E-state index < -0.39 is 0 Å². The van der Waals surface area contributed by atoms with E-state index in [4.69, 9.17) is 4.42 Å². The number of nitrogens with zero attached hydrogens (tertiary/aromatic N) is 2. The molecule has 3 rings (SSSR count). The van der Waals surface area contributed by atoms with Crippen molar-refractivity contribution in [3.8, 4) is 0 Å². The minimum absolute atomic E-state index is 0.119. The van der Waals surface area contributed by atoms with Gasteiger partial charge in [-0.1, -0.05) is 31.7 Å². The maximum Gasteiger partial charge on any atom is 0.270 e. The summed E-state index contributed by atoms with van der Waals surface area (Å²) in [5, 5.41) is 6.27. The molecule has 1 unspecified atom stereocenters. The van der Waals surface area contributed by atoms with Gasteiger partial charge >= 0.3 is 0 Å². The number of aromatic nitrogens is 2. The second-order valence-electron chi connectivity index (χ2n) is 6.37. The number of thiazole rings is 1. The zero-order chi connectivity index (χ0) is 18.0. The van der Waals surface area contributed by atoms with Gasteiger partial charge in [-0.3, -0.25) is 4.79 Å². The Labute approximate surface area is 155 Å². The van der Waals surface area contributed by atoms with Crippen LogP contribution in [0, 0.1) is 12.8 Å². The smallest absolute Gasteiger partial charge is 0.270 e. The van der Waals surface area contributed by atoms with Crippen LogP contribution in [0.5, 0.6) is 0 Å². The fourth-order valence-corrected chi connectivity index (χ4v) is 3.76. The van der Waals surface area contributed by atoms with Crippen molar-refractivity contribution >= 4 is 40.1 Å². The lowest BCUT2D eigenvalue weighted by Crippen LogP contribution is -2.36. The molecule has 0 spiro atoms. The summed E-state index contributed by atoms with van der Waals surface area (Å²) in [6, 6.07) is 6.06. The van der Waals surface area contributed by atoms with Crippen LogP contribution in [0.15, 0.2) is 33.2 Å². The molecule has 1 atom stereocenters. The van der Waals surface area contributed by atoms with Crippen LogP contribution in [0.2, 0.25) is 0 Å². The van der Waals surface area contributed by atoms with E-state index in [9.17, 15) is 4.79 Å². The lowest BCUT2D eigenvalue weighted by Gasteiger charge is -2.16. The minimum atomic E-state index is -0.119. The largest absolute Gasteiger partial charge is 0.431 e. The normalized spacial score (nSPS) is 12.7. The van der Waals surface area contributed by atoms with Gasteiger partial charge in [0.25, 0.3) is 11.1 Å². The molecule has 0 aliphatic heterocycles. The van der Waals surface area contributed by atoms with E-state index >= 15 is 0 Å². The van der Waals surface area contributed by atoms with Crippen molar-refractivity contribution in [2.45, 2.75) is 44.7 Å². The van der Waals surface area contributed by atoms with Gasteiger partial charge in [0.2, 0.25) is 0 Å². The first-order valence-electron chi connectivity index (χ1n) is 8.17. The van der Waals surface area contributed by atoms with Crippen LogP contribution in [0.1, 0.15) is 41.8 Å². The van der Waals surface area contributed by atoms with Gasteiger partial charge < -0.3 is 9.73 Å². The molecule has 1 N–H and O–H groups in total. The Morgan fingerprint density at radius 2 is 2.12 bits per heavy atom. The van der Waals surface area contributed by atoms with E-state index in [2.05, 4.69) is 29.1 Å². The second kappa shape index (κ2) is 7.58. The summed E-state index contributed by atoms with van der Waals surface area (Å²) in [5.74, 6) is 0.898. The lowest BCUT2D eigenvalue weighted by molar-refractivity contribution is 0.0926. The molecule has 2 heterocycles. The molecule has 132 valence electrons.